The Bertz CT molecular complexity index is 3330. The molecule has 0 unspecified atom stereocenters. The first-order chi connectivity index (χ1) is 34.9. The maximum absolute atomic E-state index is 11.2. The molecule has 0 amide bonds. The molecule has 24 heteroatoms. The van der Waals surface area contributed by atoms with Gasteiger partial charge in [0, 0.05) is 26.4 Å². The largest absolute Gasteiger partial charge is 0.410 e. The number of nitrogens with one attached hydrogen (secondary N) is 1. The summed E-state index contributed by atoms with van der Waals surface area (Å²) in [5.41, 5.74) is 5.97. The monoisotopic (exact) mass is 990 g/mol. The molecule has 0 aliphatic rings. The lowest BCUT2D eigenvalue weighted by molar-refractivity contribution is 0.154. The Morgan fingerprint density at radius 2 is 1.10 bits per heavy atom. The highest BCUT2D eigenvalue weighted by Crippen LogP contribution is 2.24. The van der Waals surface area contributed by atoms with Gasteiger partial charge in [-0.15, -0.1) is 10.2 Å². The van der Waals surface area contributed by atoms with Gasteiger partial charge in [-0.05, 0) is 76.2 Å². The number of rotatable bonds is 7. The number of hydrogen-bond acceptors (Lipinski definition) is 16. The van der Waals surface area contributed by atoms with Gasteiger partial charge in [0.25, 0.3) is 17.3 Å². The van der Waals surface area contributed by atoms with E-state index in [2.05, 4.69) is 79.3 Å². The van der Waals surface area contributed by atoms with Crippen LogP contribution >= 0.6 is 19.0 Å². The quantitative estimate of drug-likeness (QED) is 0.111. The molecule has 10 aromatic rings. The van der Waals surface area contributed by atoms with E-state index in [1.165, 1.54) is 23.8 Å². The van der Waals surface area contributed by atoms with Crippen molar-refractivity contribution in [3.8, 4) is 11.8 Å². The molecule has 8 aromatic heterocycles. The second-order valence-corrected chi connectivity index (χ2v) is 13.6. The molecule has 2 aromatic carbocycles. The minimum atomic E-state index is -3.65. The number of hydrogen-bond donors (Lipinski definition) is 2. The third-order valence-electron chi connectivity index (χ3n) is 8.60. The van der Waals surface area contributed by atoms with Crippen molar-refractivity contribution in [2.24, 2.45) is 0 Å². The van der Waals surface area contributed by atoms with Gasteiger partial charge < -0.3 is 33.3 Å². The van der Waals surface area contributed by atoms with Gasteiger partial charge in [0.15, 0.2) is 42.8 Å². The Hall–Kier alpha value is -7.05. The van der Waals surface area contributed by atoms with Crippen LogP contribution < -0.4 is 14.9 Å². The van der Waals surface area contributed by atoms with Crippen molar-refractivity contribution >= 4 is 74.6 Å². The van der Waals surface area contributed by atoms with Gasteiger partial charge in [-0.2, -0.15) is 19.7 Å². The van der Waals surface area contributed by atoms with E-state index in [0.29, 0.717) is 44.8 Å². The second-order valence-electron chi connectivity index (χ2n) is 13.4. The molecule has 0 aliphatic heterocycles. The Balaban J connectivity index is 0. The van der Waals surface area contributed by atoms with E-state index < -0.39 is 33.7 Å². The van der Waals surface area contributed by atoms with Gasteiger partial charge in [-0.3, -0.25) is 4.79 Å². The molecule has 0 atom stereocenters. The van der Waals surface area contributed by atoms with E-state index in [-0.39, 0.29) is 66.7 Å². The number of nitrogens with zero attached hydrogens (tertiary/aromatic N) is 17. The van der Waals surface area contributed by atoms with Crippen LogP contribution in [0.5, 0.6) is 11.8 Å². The Kier molecular flexibility index (Phi) is 17.4. The van der Waals surface area contributed by atoms with E-state index in [0.717, 1.165) is 21.5 Å². The molecule has 67 heavy (non-hydrogen) atoms. The maximum Gasteiger partial charge on any atom is 0.307 e. The minimum absolute atomic E-state index is 0. The van der Waals surface area contributed by atoms with E-state index >= 15 is 0 Å². The molecule has 0 spiro atoms. The van der Waals surface area contributed by atoms with Gasteiger partial charge in [0.1, 0.15) is 34.7 Å². The summed E-state index contributed by atoms with van der Waals surface area (Å²) in [5.74, 6) is 0.378. The van der Waals surface area contributed by atoms with Crippen LogP contribution in [-0.2, 0) is 0 Å². The molecule has 8 heterocycles. The summed E-state index contributed by atoms with van der Waals surface area (Å²) in [4.78, 5) is 54.5. The predicted octanol–water partition coefficient (Wildman–Crippen LogP) is 9.18. The number of aromatic nitrogens is 18. The Morgan fingerprint density at radius 1 is 0.657 bits per heavy atom. The first kappa shape index (κ1) is 42.6. The highest BCUT2D eigenvalue weighted by Gasteiger charge is 2.16. The molecule has 0 bridgehead atoms. The van der Waals surface area contributed by atoms with Crippen molar-refractivity contribution in [2.75, 3.05) is 0 Å². The van der Waals surface area contributed by atoms with Crippen LogP contribution in [0.25, 0.3) is 55.6 Å². The summed E-state index contributed by atoms with van der Waals surface area (Å²) in [6, 6.07) is 15.4. The lowest BCUT2D eigenvalue weighted by Crippen LogP contribution is -2.09. The van der Waals surface area contributed by atoms with Gasteiger partial charge in [0.2, 0.25) is 0 Å². The van der Waals surface area contributed by atoms with Crippen LogP contribution in [0, 0.1) is 0 Å². The van der Waals surface area contributed by atoms with Crippen molar-refractivity contribution < 1.29 is 22.8 Å². The summed E-state index contributed by atoms with van der Waals surface area (Å²) < 4.78 is 85.5. The molecule has 0 radical (unpaired) electrons. The fourth-order valence-electron chi connectivity index (χ4n) is 5.64. The maximum atomic E-state index is 11.2. The first-order valence-corrected chi connectivity index (χ1v) is 18.5. The zero-order chi connectivity index (χ0) is 54.9. The number of para-hydroxylation sites is 2. The number of aromatic amines is 1. The summed E-state index contributed by atoms with van der Waals surface area (Å²) in [5, 5.41) is 24.1. The number of H-pyrrole nitrogens is 1. The van der Waals surface area contributed by atoms with E-state index in [1.807, 2.05) is 77.8 Å². The molecule has 0 aliphatic carbocycles. The van der Waals surface area contributed by atoms with E-state index in [1.54, 1.807) is 31.1 Å². The first-order valence-electron chi connectivity index (χ1n) is 24.3. The second kappa shape index (κ2) is 27.4. The van der Waals surface area contributed by atoms with Crippen LogP contribution in [0.4, 0.5) is 0 Å². The fraction of sp³-hybridized carbons (Fsp3) is 0.372. The molecule has 0 saturated heterocycles. The van der Waals surface area contributed by atoms with E-state index in [4.69, 9.17) is 30.5 Å². The SMILES string of the molecule is C.C.C.C.C.CC(C)n1cnc2c(=O)[nH]cnc21.CC(C)n1cnc2c(On3nnc4ccccc43)ncnc21.On1nnc2ccccc21.[3H]C([3H])[3H].[3H]C([3H])[3H].[3H]P([3H])[3H].[3H][P+]([3H])([3H])Oc1ncnc2c1ncn2C(C)C. The standard InChI is InChI=1S/C14H13N7O.C8H12N4OP.C8H10N4O.C6H5N3O.7CH4.H3P/c1-9(2)20-8-17-12-13(20)15-7-16-14(12)22-21-11-6-4-3-5-10(11)18-19-21;1-5(2)12-4-11-6-7(12)9-3-10-8(6)13-14;1-5(2)12-4-11-6-7(12)9-3-10-8(6)13;10-9-6-4-2-1-3-5(6)7-8-9;;;;;;;;/h3-9H,1-2H3;3-5H,1-2,14H3;3-5H,1-2H3,(H,9,10,13);1-4,10H;7*1H4;1H3/q;+1;;;;;;;;;;/i;14T3;;;2*1T3;;;;;;1T3. The Morgan fingerprint density at radius 3 is 1.63 bits per heavy atom. The topological polar surface area (TPSA) is 251 Å². The predicted molar refractivity (Wildman–Crippen MR) is 278 cm³/mol. The molecule has 2 N–H and O–H groups in total. The highest BCUT2D eigenvalue weighted by atomic mass is 31.0. The van der Waals surface area contributed by atoms with Crippen LogP contribution in [0.3, 0.4) is 0 Å². The van der Waals surface area contributed by atoms with Gasteiger partial charge in [0.05, 0.1) is 29.1 Å². The smallest absolute Gasteiger partial charge is 0.307 e. The van der Waals surface area contributed by atoms with E-state index in [9.17, 15) is 4.79 Å². The van der Waals surface area contributed by atoms with Crippen molar-refractivity contribution in [3.05, 3.63) is 96.8 Å². The number of fused-ring (bicyclic) bond motifs is 5. The summed E-state index contributed by atoms with van der Waals surface area (Å²) >= 11 is 0. The average Bonchev–Trinajstić information content (AvgIpc) is 4.17. The Labute approximate surface area is 413 Å². The molecular weight excluding hydrogens is 895 g/mol. The average molecular weight is 990 g/mol. The molecular formula is C43H71N18O4P2+. The normalized spacial score (nSPS) is 12.5. The molecule has 10 rings (SSSR count). The third-order valence-corrected chi connectivity index (χ3v) is 8.77. The van der Waals surface area contributed by atoms with Crippen molar-refractivity contribution in [2.45, 2.75) is 112 Å². The minimum Gasteiger partial charge on any atom is -0.410 e. The fourth-order valence-corrected chi connectivity index (χ4v) is 5.78. The zero-order valence-electron chi connectivity index (χ0n) is 46.1. The van der Waals surface area contributed by atoms with Gasteiger partial charge in [-0.1, -0.05) is 85.8 Å². The molecule has 366 valence electrons. The summed E-state index contributed by atoms with van der Waals surface area (Å²) in [6.07, 6.45) is 9.11. The lowest BCUT2D eigenvalue weighted by atomic mass is 10.3. The van der Waals surface area contributed by atoms with Crippen LogP contribution in [-0.4, -0.2) is 102 Å². The van der Waals surface area contributed by atoms with Crippen LogP contribution in [0.1, 0.15) is 120 Å². The summed E-state index contributed by atoms with van der Waals surface area (Å²) in [7, 11) is -8.35. The number of imidazole rings is 3. The third kappa shape index (κ3) is 13.3. The lowest BCUT2D eigenvalue weighted by Gasteiger charge is -2.07. The summed E-state index contributed by atoms with van der Waals surface area (Å²) in [6.45, 7) is 12.1. The van der Waals surface area contributed by atoms with Gasteiger partial charge >= 0.3 is 3.84 Å². The van der Waals surface area contributed by atoms with Crippen molar-refractivity contribution in [3.63, 3.8) is 0 Å². The molecule has 0 saturated carbocycles. The van der Waals surface area contributed by atoms with Crippen molar-refractivity contribution in [1.82, 2.24) is 88.9 Å². The molecule has 0 fully saturated rings. The molecule has 22 nitrogen and oxygen atoms in total. The number of benzene rings is 2. The van der Waals surface area contributed by atoms with Gasteiger partial charge in [-0.25, -0.2) is 29.9 Å². The van der Waals surface area contributed by atoms with Crippen LogP contribution in [0.2, 0.25) is 0 Å². The highest BCUT2D eigenvalue weighted by molar-refractivity contribution is 7.10. The van der Waals surface area contributed by atoms with Crippen molar-refractivity contribution in [1.29, 1.82) is 7.67 Å². The zero-order valence-corrected chi connectivity index (χ0v) is 35.9. The van der Waals surface area contributed by atoms with Crippen LogP contribution in [0.15, 0.2) is 91.3 Å².